The lowest BCUT2D eigenvalue weighted by Crippen LogP contribution is -2.44. The molecule has 1 amide bonds. The first-order valence-corrected chi connectivity index (χ1v) is 12.5. The van der Waals surface area contributed by atoms with Crippen LogP contribution in [0.5, 0.6) is 0 Å². The molecule has 1 atom stereocenters. The van der Waals surface area contributed by atoms with Crippen LogP contribution in [0.3, 0.4) is 0 Å². The van der Waals surface area contributed by atoms with E-state index in [1.807, 2.05) is 0 Å². The number of hydrogen-bond donors (Lipinski definition) is 3. The summed E-state index contributed by atoms with van der Waals surface area (Å²) in [6.45, 7) is 3.07. The Kier molecular flexibility index (Phi) is 6.91. The van der Waals surface area contributed by atoms with Crippen LogP contribution in [0.1, 0.15) is 47.6 Å². The van der Waals surface area contributed by atoms with E-state index < -0.39 is 35.5 Å². The zero-order chi connectivity index (χ0) is 27.9. The van der Waals surface area contributed by atoms with Gasteiger partial charge in [0, 0.05) is 41.1 Å². The van der Waals surface area contributed by atoms with Crippen molar-refractivity contribution in [3.05, 3.63) is 62.2 Å². The third kappa shape index (κ3) is 4.45. The Balaban J connectivity index is 1.57. The molecule has 2 aromatic heterocycles. The number of esters is 1. The molecule has 3 N–H and O–H groups in total. The van der Waals surface area contributed by atoms with Crippen LogP contribution in [-0.4, -0.2) is 57.6 Å². The number of hydrogen-bond acceptors (Lipinski definition) is 9. The molecule has 0 bridgehead atoms. The number of nitrogens with one attached hydrogen (secondary N) is 1. The highest BCUT2D eigenvalue weighted by atomic mass is 19.1. The van der Waals surface area contributed by atoms with Crippen molar-refractivity contribution in [1.29, 1.82) is 0 Å². The molecule has 5 rings (SSSR count). The van der Waals surface area contributed by atoms with E-state index in [0.29, 0.717) is 51.9 Å². The molecule has 0 aliphatic carbocycles. The summed E-state index contributed by atoms with van der Waals surface area (Å²) in [6.07, 6.45) is 1.96. The second kappa shape index (κ2) is 10.2. The van der Waals surface area contributed by atoms with Crippen LogP contribution in [0.4, 0.5) is 4.39 Å². The molecule has 12 heteroatoms. The summed E-state index contributed by atoms with van der Waals surface area (Å²) >= 11 is 0. The Hall–Kier alpha value is -4.16. The van der Waals surface area contributed by atoms with Crippen LogP contribution in [-0.2, 0) is 37.9 Å². The number of cyclic esters (lactones) is 1. The molecule has 0 saturated carbocycles. The Bertz CT molecular complexity index is 1600. The minimum atomic E-state index is -1.96. The molecule has 0 unspecified atom stereocenters. The van der Waals surface area contributed by atoms with Crippen LogP contribution in [0.2, 0.25) is 0 Å². The van der Waals surface area contributed by atoms with Crippen molar-refractivity contribution in [2.24, 2.45) is 5.16 Å². The quantitative estimate of drug-likeness (QED) is 0.132. The maximum absolute atomic E-state index is 14.5. The molecular formula is C27H27FN4O7. The normalized spacial score (nSPS) is 17.6. The van der Waals surface area contributed by atoms with Crippen molar-refractivity contribution in [2.45, 2.75) is 45.4 Å². The molecule has 204 valence electrons. The zero-order valence-corrected chi connectivity index (χ0v) is 21.4. The maximum atomic E-state index is 14.5. The van der Waals surface area contributed by atoms with Crippen LogP contribution >= 0.6 is 0 Å². The number of oxime groups is 1. The van der Waals surface area contributed by atoms with Gasteiger partial charge in [-0.05, 0) is 31.0 Å². The molecule has 3 aromatic rings. The molecule has 39 heavy (non-hydrogen) atoms. The van der Waals surface area contributed by atoms with Gasteiger partial charge in [0.2, 0.25) is 5.91 Å². The number of carbonyl (C=O) groups excluding carboxylic acids is 2. The topological polar surface area (TPSA) is 152 Å². The van der Waals surface area contributed by atoms with Gasteiger partial charge in [-0.2, -0.15) is 0 Å². The van der Waals surface area contributed by atoms with Gasteiger partial charge in [0.15, 0.2) is 5.60 Å². The van der Waals surface area contributed by atoms with Gasteiger partial charge < -0.3 is 29.7 Å². The van der Waals surface area contributed by atoms with Crippen LogP contribution in [0.15, 0.2) is 28.1 Å². The fourth-order valence-electron chi connectivity index (χ4n) is 4.95. The van der Waals surface area contributed by atoms with E-state index in [1.54, 1.807) is 26.0 Å². The zero-order valence-electron chi connectivity index (χ0n) is 21.4. The number of aromatic nitrogens is 2. The number of nitrogens with zero attached hydrogens (tertiary/aromatic N) is 3. The summed E-state index contributed by atoms with van der Waals surface area (Å²) < 4.78 is 21.1. The van der Waals surface area contributed by atoms with Gasteiger partial charge in [-0.25, -0.2) is 14.2 Å². The fourth-order valence-corrected chi connectivity index (χ4v) is 4.95. The lowest BCUT2D eigenvalue weighted by Gasteiger charge is -2.31. The SMILES string of the molecule is CC[C@@]1(O)C(=O)OCc2c1cc1n(c2=O)Cc2c-1nc1cc(F)c(C)cc1c2C=NOCCCNC(=O)CO. The van der Waals surface area contributed by atoms with Gasteiger partial charge >= 0.3 is 5.97 Å². The van der Waals surface area contributed by atoms with E-state index in [-0.39, 0.29) is 37.3 Å². The molecule has 2 aliphatic heterocycles. The number of aryl methyl sites for hydroxylation is 1. The van der Waals surface area contributed by atoms with Crippen LogP contribution in [0.25, 0.3) is 22.3 Å². The number of ether oxygens (including phenoxy) is 1. The number of rotatable bonds is 8. The summed E-state index contributed by atoms with van der Waals surface area (Å²) in [7, 11) is 0. The van der Waals surface area contributed by atoms with E-state index in [1.165, 1.54) is 16.8 Å². The largest absolute Gasteiger partial charge is 0.458 e. The summed E-state index contributed by atoms with van der Waals surface area (Å²) in [6, 6.07) is 4.56. The fraction of sp³-hybridized carbons (Fsp3) is 0.370. The minimum Gasteiger partial charge on any atom is -0.458 e. The number of aliphatic hydroxyl groups is 2. The number of fused-ring (bicyclic) bond motifs is 5. The summed E-state index contributed by atoms with van der Waals surface area (Å²) in [5.41, 5.74) is 0.830. The Morgan fingerprint density at radius 1 is 1.33 bits per heavy atom. The van der Waals surface area contributed by atoms with Gasteiger partial charge in [-0.15, -0.1) is 0 Å². The molecule has 0 saturated heterocycles. The molecule has 1 aromatic carbocycles. The van der Waals surface area contributed by atoms with Crippen molar-refractivity contribution in [1.82, 2.24) is 14.9 Å². The van der Waals surface area contributed by atoms with E-state index in [9.17, 15) is 23.9 Å². The minimum absolute atomic E-state index is 0.0170. The predicted molar refractivity (Wildman–Crippen MR) is 137 cm³/mol. The number of amides is 1. The summed E-state index contributed by atoms with van der Waals surface area (Å²) in [5, 5.41) is 27.0. The standard InChI is InChI=1S/C27H27FN4O7/c1-3-27(37)19-8-22-24-17(11-32(22)25(35)18(19)13-38-26(27)36)16(10-30-39-6-4-5-29-23(34)12-33)15-7-14(2)20(28)9-21(15)31-24/h7-10,33,37H,3-6,11-13H2,1-2H3,(H,29,34)/t27-/m0/s1. The Morgan fingerprint density at radius 3 is 2.87 bits per heavy atom. The van der Waals surface area contributed by atoms with E-state index >= 15 is 0 Å². The van der Waals surface area contributed by atoms with Gasteiger partial charge in [-0.1, -0.05) is 12.1 Å². The Morgan fingerprint density at radius 2 is 2.13 bits per heavy atom. The first-order valence-electron chi connectivity index (χ1n) is 12.5. The average Bonchev–Trinajstić information content (AvgIpc) is 3.29. The molecule has 0 fully saturated rings. The lowest BCUT2D eigenvalue weighted by molar-refractivity contribution is -0.172. The highest BCUT2D eigenvalue weighted by molar-refractivity contribution is 6.02. The van der Waals surface area contributed by atoms with E-state index in [2.05, 4.69) is 15.5 Å². The van der Waals surface area contributed by atoms with Crippen molar-refractivity contribution < 1.29 is 33.8 Å². The van der Waals surface area contributed by atoms with Gasteiger partial charge in [0.05, 0.1) is 35.2 Å². The average molecular weight is 539 g/mol. The predicted octanol–water partition coefficient (Wildman–Crippen LogP) is 1.38. The molecule has 4 heterocycles. The number of carbonyl (C=O) groups is 2. The molecule has 11 nitrogen and oxygen atoms in total. The van der Waals surface area contributed by atoms with Crippen molar-refractivity contribution in [2.75, 3.05) is 19.8 Å². The molecule has 0 spiro atoms. The van der Waals surface area contributed by atoms with Crippen molar-refractivity contribution in [3.8, 4) is 11.4 Å². The third-order valence-corrected chi connectivity index (χ3v) is 7.15. The number of halogens is 1. The Labute approximate surface area is 221 Å². The van der Waals surface area contributed by atoms with Crippen molar-refractivity contribution in [3.63, 3.8) is 0 Å². The maximum Gasteiger partial charge on any atom is 0.343 e. The number of benzene rings is 1. The van der Waals surface area contributed by atoms with E-state index in [4.69, 9.17) is 14.7 Å². The van der Waals surface area contributed by atoms with Gasteiger partial charge in [-0.3, -0.25) is 9.59 Å². The second-order valence-corrected chi connectivity index (χ2v) is 9.50. The van der Waals surface area contributed by atoms with Crippen LogP contribution in [0, 0.1) is 12.7 Å². The van der Waals surface area contributed by atoms with E-state index in [0.717, 1.165) is 0 Å². The lowest BCUT2D eigenvalue weighted by atomic mass is 9.86. The monoisotopic (exact) mass is 538 g/mol. The highest BCUT2D eigenvalue weighted by Crippen LogP contribution is 2.40. The smallest absolute Gasteiger partial charge is 0.343 e. The third-order valence-electron chi connectivity index (χ3n) is 7.15. The second-order valence-electron chi connectivity index (χ2n) is 9.50. The first kappa shape index (κ1) is 26.4. The van der Waals surface area contributed by atoms with Gasteiger partial charge in [0.25, 0.3) is 5.56 Å². The number of aliphatic hydroxyl groups excluding tert-OH is 1. The van der Waals surface area contributed by atoms with Gasteiger partial charge in [0.1, 0.15) is 25.6 Å². The molecular weight excluding hydrogens is 511 g/mol. The highest BCUT2D eigenvalue weighted by Gasteiger charge is 2.45. The van der Waals surface area contributed by atoms with Crippen LogP contribution < -0.4 is 10.9 Å². The summed E-state index contributed by atoms with van der Waals surface area (Å²) in [5.74, 6) is -1.74. The number of pyridine rings is 2. The first-order chi connectivity index (χ1) is 18.7. The molecule has 2 aliphatic rings. The molecule has 0 radical (unpaired) electrons. The van der Waals surface area contributed by atoms with Crippen molar-refractivity contribution >= 4 is 29.0 Å². The summed E-state index contributed by atoms with van der Waals surface area (Å²) in [4.78, 5) is 47.1.